The molecule has 4 nitrogen and oxygen atoms in total. The largest absolute Gasteiger partial charge is 0.385 e. The third-order valence-corrected chi connectivity index (χ3v) is 2.64. The molecule has 0 atom stereocenters. The van der Waals surface area contributed by atoms with Gasteiger partial charge in [-0.25, -0.2) is 0 Å². The van der Waals surface area contributed by atoms with E-state index >= 15 is 0 Å². The average molecular weight is 287 g/mol. The summed E-state index contributed by atoms with van der Waals surface area (Å²) in [6.07, 6.45) is 0.827. The molecule has 0 fully saturated rings. The molecular formula is C12H15ClN2O2S. The van der Waals surface area contributed by atoms with Gasteiger partial charge in [0, 0.05) is 30.8 Å². The molecule has 98 valence electrons. The van der Waals surface area contributed by atoms with Crippen LogP contribution in [-0.4, -0.2) is 31.3 Å². The number of amides is 1. The summed E-state index contributed by atoms with van der Waals surface area (Å²) in [7, 11) is 1.64. The fourth-order valence-corrected chi connectivity index (χ4v) is 1.56. The van der Waals surface area contributed by atoms with Crippen LogP contribution in [0.2, 0.25) is 5.02 Å². The lowest BCUT2D eigenvalue weighted by atomic mass is 10.2. The second kappa shape index (κ2) is 8.02. The molecule has 0 aliphatic heterocycles. The number of halogens is 1. The minimum absolute atomic E-state index is 0.254. The van der Waals surface area contributed by atoms with Gasteiger partial charge in [-0.05, 0) is 42.9 Å². The summed E-state index contributed by atoms with van der Waals surface area (Å²) in [5.74, 6) is -0.254. The second-order valence-electron chi connectivity index (χ2n) is 3.56. The Morgan fingerprint density at radius 1 is 1.39 bits per heavy atom. The maximum Gasteiger partial charge on any atom is 0.257 e. The van der Waals surface area contributed by atoms with Crippen molar-refractivity contribution in [2.75, 3.05) is 20.3 Å². The zero-order valence-corrected chi connectivity index (χ0v) is 11.6. The van der Waals surface area contributed by atoms with Crippen LogP contribution in [0.1, 0.15) is 16.8 Å². The van der Waals surface area contributed by atoms with E-state index in [-0.39, 0.29) is 5.91 Å². The highest BCUT2D eigenvalue weighted by atomic mass is 35.5. The minimum Gasteiger partial charge on any atom is -0.385 e. The summed E-state index contributed by atoms with van der Waals surface area (Å²) >= 11 is 10.7. The Kier molecular flexibility index (Phi) is 6.64. The Hall–Kier alpha value is -1.17. The highest BCUT2D eigenvalue weighted by Crippen LogP contribution is 2.09. The Morgan fingerprint density at radius 2 is 2.06 bits per heavy atom. The van der Waals surface area contributed by atoms with Gasteiger partial charge in [0.05, 0.1) is 0 Å². The van der Waals surface area contributed by atoms with Gasteiger partial charge < -0.3 is 10.1 Å². The minimum atomic E-state index is -0.254. The van der Waals surface area contributed by atoms with Gasteiger partial charge >= 0.3 is 0 Å². The van der Waals surface area contributed by atoms with E-state index in [9.17, 15) is 4.79 Å². The molecule has 0 aromatic heterocycles. The van der Waals surface area contributed by atoms with Gasteiger partial charge in [0.1, 0.15) is 0 Å². The maximum absolute atomic E-state index is 11.7. The molecule has 0 spiro atoms. The molecule has 0 aliphatic carbocycles. The fraction of sp³-hybridized carbons (Fsp3) is 0.333. The molecule has 0 heterocycles. The first kappa shape index (κ1) is 14.9. The first-order valence-corrected chi connectivity index (χ1v) is 6.26. The van der Waals surface area contributed by atoms with E-state index in [1.54, 1.807) is 31.4 Å². The SMILES string of the molecule is COCCCNC(=S)NC(=O)c1ccc(Cl)cc1. The lowest BCUT2D eigenvalue weighted by Crippen LogP contribution is -2.39. The van der Waals surface area contributed by atoms with Crippen molar-refractivity contribution in [1.82, 2.24) is 10.6 Å². The number of nitrogens with one attached hydrogen (secondary N) is 2. The van der Waals surface area contributed by atoms with E-state index in [1.165, 1.54) is 0 Å². The van der Waals surface area contributed by atoms with Crippen LogP contribution in [0.5, 0.6) is 0 Å². The summed E-state index contributed by atoms with van der Waals surface area (Å²) in [6, 6.07) is 6.60. The molecular weight excluding hydrogens is 272 g/mol. The molecule has 18 heavy (non-hydrogen) atoms. The molecule has 1 aromatic rings. The van der Waals surface area contributed by atoms with E-state index < -0.39 is 0 Å². The number of hydrogen-bond acceptors (Lipinski definition) is 3. The van der Waals surface area contributed by atoms with E-state index in [2.05, 4.69) is 10.6 Å². The van der Waals surface area contributed by atoms with Gasteiger partial charge in [-0.15, -0.1) is 0 Å². The van der Waals surface area contributed by atoms with Crippen LogP contribution in [0.15, 0.2) is 24.3 Å². The van der Waals surface area contributed by atoms with E-state index in [0.717, 1.165) is 6.42 Å². The second-order valence-corrected chi connectivity index (χ2v) is 4.41. The predicted molar refractivity (Wildman–Crippen MR) is 76.0 cm³/mol. The molecule has 0 radical (unpaired) electrons. The van der Waals surface area contributed by atoms with Gasteiger partial charge in [-0.1, -0.05) is 11.6 Å². The Bertz CT molecular complexity index is 409. The van der Waals surface area contributed by atoms with Crippen LogP contribution in [0.3, 0.4) is 0 Å². The number of carbonyl (C=O) groups excluding carboxylic acids is 1. The molecule has 0 saturated heterocycles. The van der Waals surface area contributed by atoms with Crippen LogP contribution < -0.4 is 10.6 Å². The standard InChI is InChI=1S/C12H15ClN2O2S/c1-17-8-2-7-14-12(18)15-11(16)9-3-5-10(13)6-4-9/h3-6H,2,7-8H2,1H3,(H2,14,15,16,18). The number of methoxy groups -OCH3 is 1. The van der Waals surface area contributed by atoms with Crippen LogP contribution in [0.4, 0.5) is 0 Å². The molecule has 1 rings (SSSR count). The van der Waals surface area contributed by atoms with Gasteiger partial charge in [0.25, 0.3) is 5.91 Å². The predicted octanol–water partition coefficient (Wildman–Crippen LogP) is 1.98. The van der Waals surface area contributed by atoms with E-state index in [0.29, 0.717) is 28.9 Å². The van der Waals surface area contributed by atoms with Crippen molar-refractivity contribution < 1.29 is 9.53 Å². The van der Waals surface area contributed by atoms with Gasteiger partial charge in [0.15, 0.2) is 5.11 Å². The number of carbonyl (C=O) groups is 1. The average Bonchev–Trinajstić information content (AvgIpc) is 2.35. The molecule has 0 aliphatic rings. The molecule has 0 unspecified atom stereocenters. The number of rotatable bonds is 5. The summed E-state index contributed by atoms with van der Waals surface area (Å²) in [5.41, 5.74) is 0.514. The van der Waals surface area contributed by atoms with E-state index in [1.807, 2.05) is 0 Å². The van der Waals surface area contributed by atoms with Crippen molar-refractivity contribution in [3.8, 4) is 0 Å². The van der Waals surface area contributed by atoms with Crippen molar-refractivity contribution in [1.29, 1.82) is 0 Å². The highest BCUT2D eigenvalue weighted by molar-refractivity contribution is 7.80. The normalized spacial score (nSPS) is 9.89. The Balaban J connectivity index is 2.35. The summed E-state index contributed by atoms with van der Waals surface area (Å²) < 4.78 is 4.90. The van der Waals surface area contributed by atoms with Crippen molar-refractivity contribution >= 4 is 34.8 Å². The highest BCUT2D eigenvalue weighted by Gasteiger charge is 2.06. The van der Waals surface area contributed by atoms with Crippen molar-refractivity contribution in [2.24, 2.45) is 0 Å². The zero-order chi connectivity index (χ0) is 13.4. The number of thiocarbonyl (C=S) groups is 1. The molecule has 1 amide bonds. The quantitative estimate of drug-likeness (QED) is 0.642. The first-order chi connectivity index (χ1) is 8.63. The summed E-state index contributed by atoms with van der Waals surface area (Å²) in [6.45, 7) is 1.31. The number of ether oxygens (including phenoxy) is 1. The van der Waals surface area contributed by atoms with Gasteiger partial charge in [0.2, 0.25) is 0 Å². The topological polar surface area (TPSA) is 50.4 Å². The molecule has 0 saturated carbocycles. The van der Waals surface area contributed by atoms with Crippen LogP contribution >= 0.6 is 23.8 Å². The van der Waals surface area contributed by atoms with Crippen LogP contribution in [-0.2, 0) is 4.74 Å². The van der Waals surface area contributed by atoms with E-state index in [4.69, 9.17) is 28.6 Å². The van der Waals surface area contributed by atoms with Crippen molar-refractivity contribution in [2.45, 2.75) is 6.42 Å². The molecule has 1 aromatic carbocycles. The summed E-state index contributed by atoms with van der Waals surface area (Å²) in [5, 5.41) is 6.41. The monoisotopic (exact) mass is 286 g/mol. The number of benzene rings is 1. The molecule has 2 N–H and O–H groups in total. The van der Waals surface area contributed by atoms with Crippen LogP contribution in [0, 0.1) is 0 Å². The number of hydrogen-bond donors (Lipinski definition) is 2. The smallest absolute Gasteiger partial charge is 0.257 e. The fourth-order valence-electron chi connectivity index (χ4n) is 1.24. The third-order valence-electron chi connectivity index (χ3n) is 2.14. The Labute approximate surface area is 117 Å². The first-order valence-electron chi connectivity index (χ1n) is 5.47. The lowest BCUT2D eigenvalue weighted by Gasteiger charge is -2.09. The van der Waals surface area contributed by atoms with Crippen molar-refractivity contribution in [3.05, 3.63) is 34.9 Å². The molecule has 6 heteroatoms. The lowest BCUT2D eigenvalue weighted by molar-refractivity contribution is 0.0976. The van der Waals surface area contributed by atoms with Crippen LogP contribution in [0.25, 0.3) is 0 Å². The molecule has 0 bridgehead atoms. The zero-order valence-electron chi connectivity index (χ0n) is 10.0. The summed E-state index contributed by atoms with van der Waals surface area (Å²) in [4.78, 5) is 11.7. The third kappa shape index (κ3) is 5.44. The van der Waals surface area contributed by atoms with Gasteiger partial charge in [-0.2, -0.15) is 0 Å². The van der Waals surface area contributed by atoms with Gasteiger partial charge in [-0.3, -0.25) is 10.1 Å². The Morgan fingerprint density at radius 3 is 2.67 bits per heavy atom. The maximum atomic E-state index is 11.7. The van der Waals surface area contributed by atoms with Crippen molar-refractivity contribution in [3.63, 3.8) is 0 Å².